The van der Waals surface area contributed by atoms with Gasteiger partial charge in [-0.3, -0.25) is 0 Å². The Labute approximate surface area is 58.3 Å². The maximum atomic E-state index is 2.17. The zero-order chi connectivity index (χ0) is 7.11. The van der Waals surface area contributed by atoms with Gasteiger partial charge in [-0.05, 0) is 12.3 Å². The second-order valence-electron chi connectivity index (χ2n) is 2.82. The third-order valence-electron chi connectivity index (χ3n) is 0.655. The van der Waals surface area contributed by atoms with Gasteiger partial charge in [0.1, 0.15) is 0 Å². The molecule has 0 fully saturated rings. The summed E-state index contributed by atoms with van der Waals surface area (Å²) >= 11 is 0. The zero-order valence-corrected chi connectivity index (χ0v) is 6.59. The van der Waals surface area contributed by atoms with Gasteiger partial charge in [0.15, 0.2) is 0 Å². The van der Waals surface area contributed by atoms with Crippen LogP contribution in [0.4, 0.5) is 0 Å². The first kappa shape index (κ1) is 8.48. The molecule has 0 bridgehead atoms. The molecule has 0 atom stereocenters. The van der Waals surface area contributed by atoms with Gasteiger partial charge in [-0.15, -0.1) is 0 Å². The highest BCUT2D eigenvalue weighted by atomic mass is 13.8. The van der Waals surface area contributed by atoms with Gasteiger partial charge >= 0.3 is 0 Å². The number of allylic oxidation sites excluding steroid dienone is 4. The minimum atomic E-state index is 0.833. The molecule has 0 aliphatic heterocycles. The summed E-state index contributed by atoms with van der Waals surface area (Å²) in [6.07, 6.45) is 9.50. The summed E-state index contributed by atoms with van der Waals surface area (Å²) in [4.78, 5) is 0. The van der Waals surface area contributed by atoms with Crippen LogP contribution in [0.15, 0.2) is 24.3 Å². The molecule has 0 spiro atoms. The SMILES string of the molecule is C1=CCC=C1.CC(C)C. The summed E-state index contributed by atoms with van der Waals surface area (Å²) in [5.41, 5.74) is 0. The Morgan fingerprint density at radius 1 is 1.00 bits per heavy atom. The van der Waals surface area contributed by atoms with Crippen LogP contribution in [0.3, 0.4) is 0 Å². The van der Waals surface area contributed by atoms with Crippen LogP contribution in [0.2, 0.25) is 0 Å². The molecule has 0 radical (unpaired) electrons. The fourth-order valence-electron chi connectivity index (χ4n) is 0.393. The van der Waals surface area contributed by atoms with Crippen LogP contribution in [-0.2, 0) is 0 Å². The van der Waals surface area contributed by atoms with Gasteiger partial charge in [0.25, 0.3) is 0 Å². The summed E-state index contributed by atoms with van der Waals surface area (Å²) in [6, 6.07) is 0. The Morgan fingerprint density at radius 3 is 1.44 bits per heavy atom. The lowest BCUT2D eigenvalue weighted by Crippen LogP contribution is -1.66. The fraction of sp³-hybridized carbons (Fsp3) is 0.556. The summed E-state index contributed by atoms with van der Waals surface area (Å²) in [5.74, 6) is 0.833. The van der Waals surface area contributed by atoms with E-state index in [1.54, 1.807) is 0 Å². The third-order valence-corrected chi connectivity index (χ3v) is 0.655. The van der Waals surface area contributed by atoms with Gasteiger partial charge < -0.3 is 0 Å². The van der Waals surface area contributed by atoms with Crippen molar-refractivity contribution in [3.05, 3.63) is 24.3 Å². The van der Waals surface area contributed by atoms with Crippen LogP contribution in [0.25, 0.3) is 0 Å². The predicted octanol–water partition coefficient (Wildman–Crippen LogP) is 3.16. The highest BCUT2D eigenvalue weighted by Crippen LogP contribution is 1.93. The Bertz CT molecular complexity index is 83.9. The molecule has 0 aromatic carbocycles. The molecule has 0 heteroatoms. The van der Waals surface area contributed by atoms with E-state index >= 15 is 0 Å². The molecular formula is C9H16. The van der Waals surface area contributed by atoms with E-state index in [0.29, 0.717) is 0 Å². The van der Waals surface area contributed by atoms with E-state index in [0.717, 1.165) is 12.3 Å². The second kappa shape index (κ2) is 5.61. The van der Waals surface area contributed by atoms with Gasteiger partial charge in [0.2, 0.25) is 0 Å². The van der Waals surface area contributed by atoms with Gasteiger partial charge in [-0.25, -0.2) is 0 Å². The van der Waals surface area contributed by atoms with Crippen molar-refractivity contribution in [2.45, 2.75) is 27.2 Å². The molecule has 0 amide bonds. The van der Waals surface area contributed by atoms with Crippen molar-refractivity contribution in [1.29, 1.82) is 0 Å². The van der Waals surface area contributed by atoms with Crippen LogP contribution < -0.4 is 0 Å². The van der Waals surface area contributed by atoms with E-state index in [2.05, 4.69) is 45.1 Å². The van der Waals surface area contributed by atoms with Crippen molar-refractivity contribution >= 4 is 0 Å². The number of rotatable bonds is 0. The smallest absolute Gasteiger partial charge is 0.0163 e. The molecule has 1 aliphatic carbocycles. The van der Waals surface area contributed by atoms with Crippen molar-refractivity contribution < 1.29 is 0 Å². The highest BCUT2D eigenvalue weighted by molar-refractivity contribution is 5.11. The van der Waals surface area contributed by atoms with E-state index in [9.17, 15) is 0 Å². The highest BCUT2D eigenvalue weighted by Gasteiger charge is 1.72. The fourth-order valence-corrected chi connectivity index (χ4v) is 0.393. The largest absolute Gasteiger partial charge is 0.0808 e. The Hall–Kier alpha value is -0.520. The van der Waals surface area contributed by atoms with E-state index < -0.39 is 0 Å². The lowest BCUT2D eigenvalue weighted by atomic mass is 10.3. The molecule has 52 valence electrons. The first-order chi connectivity index (χ1) is 4.23. The average Bonchev–Trinajstić information content (AvgIpc) is 2.11. The normalized spacial score (nSPS) is 13.8. The molecule has 0 saturated carbocycles. The van der Waals surface area contributed by atoms with Crippen molar-refractivity contribution in [2.24, 2.45) is 5.92 Å². The molecule has 0 aromatic heterocycles. The monoisotopic (exact) mass is 124 g/mol. The van der Waals surface area contributed by atoms with E-state index in [1.807, 2.05) is 0 Å². The summed E-state index contributed by atoms with van der Waals surface area (Å²) in [7, 11) is 0. The average molecular weight is 124 g/mol. The minimum absolute atomic E-state index is 0.833. The molecule has 0 aromatic rings. The van der Waals surface area contributed by atoms with Crippen LogP contribution in [0, 0.1) is 5.92 Å². The van der Waals surface area contributed by atoms with E-state index in [-0.39, 0.29) is 0 Å². The Morgan fingerprint density at radius 2 is 1.33 bits per heavy atom. The van der Waals surface area contributed by atoms with Gasteiger partial charge in [-0.2, -0.15) is 0 Å². The molecule has 1 rings (SSSR count). The van der Waals surface area contributed by atoms with E-state index in [4.69, 9.17) is 0 Å². The standard InChI is InChI=1S/C5H6.C4H10/c1-2-4-5-3-1;1-4(2)3/h1-4H,5H2;4H,1-3H3. The topological polar surface area (TPSA) is 0 Å². The van der Waals surface area contributed by atoms with Gasteiger partial charge in [0, 0.05) is 0 Å². The van der Waals surface area contributed by atoms with Crippen molar-refractivity contribution in [2.75, 3.05) is 0 Å². The molecule has 0 heterocycles. The molecule has 1 aliphatic rings. The van der Waals surface area contributed by atoms with Gasteiger partial charge in [0.05, 0.1) is 0 Å². The first-order valence-corrected chi connectivity index (χ1v) is 3.55. The third kappa shape index (κ3) is 11.2. The maximum Gasteiger partial charge on any atom is -0.0163 e. The zero-order valence-electron chi connectivity index (χ0n) is 6.59. The van der Waals surface area contributed by atoms with Crippen LogP contribution in [-0.4, -0.2) is 0 Å². The van der Waals surface area contributed by atoms with Crippen LogP contribution >= 0.6 is 0 Å². The maximum absolute atomic E-state index is 2.17. The van der Waals surface area contributed by atoms with Crippen molar-refractivity contribution in [1.82, 2.24) is 0 Å². The summed E-state index contributed by atoms with van der Waals surface area (Å²) in [6.45, 7) is 6.50. The molecule has 0 unspecified atom stereocenters. The minimum Gasteiger partial charge on any atom is -0.0808 e. The second-order valence-corrected chi connectivity index (χ2v) is 2.82. The van der Waals surface area contributed by atoms with Crippen molar-refractivity contribution in [3.8, 4) is 0 Å². The number of hydrogen-bond acceptors (Lipinski definition) is 0. The Balaban J connectivity index is 0.000000148. The summed E-state index contributed by atoms with van der Waals surface area (Å²) in [5, 5.41) is 0. The van der Waals surface area contributed by atoms with Crippen molar-refractivity contribution in [3.63, 3.8) is 0 Å². The first-order valence-electron chi connectivity index (χ1n) is 3.55. The van der Waals surface area contributed by atoms with Crippen LogP contribution in [0.1, 0.15) is 27.2 Å². The van der Waals surface area contributed by atoms with Crippen LogP contribution in [0.5, 0.6) is 0 Å². The summed E-state index contributed by atoms with van der Waals surface area (Å²) < 4.78 is 0. The van der Waals surface area contributed by atoms with E-state index in [1.165, 1.54) is 0 Å². The molecule has 0 nitrogen and oxygen atoms in total. The molecular weight excluding hydrogens is 108 g/mol. The predicted molar refractivity (Wildman–Crippen MR) is 43.4 cm³/mol. The molecule has 0 N–H and O–H groups in total. The lowest BCUT2D eigenvalue weighted by Gasteiger charge is -1.79. The number of hydrogen-bond donors (Lipinski definition) is 0. The Kier molecular flexibility index (Phi) is 5.29. The quantitative estimate of drug-likeness (QED) is 0.465. The molecule has 0 saturated heterocycles. The van der Waals surface area contributed by atoms with Gasteiger partial charge in [-0.1, -0.05) is 45.1 Å². The lowest BCUT2D eigenvalue weighted by molar-refractivity contribution is 0.737. The molecule has 9 heavy (non-hydrogen) atoms.